The van der Waals surface area contributed by atoms with Crippen molar-refractivity contribution in [2.45, 2.75) is 6.92 Å². The van der Waals surface area contributed by atoms with E-state index in [2.05, 4.69) is 0 Å². The Labute approximate surface area is 138 Å². The summed E-state index contributed by atoms with van der Waals surface area (Å²) in [4.78, 5) is 22.7. The fourth-order valence-corrected chi connectivity index (χ4v) is 2.18. The third-order valence-corrected chi connectivity index (χ3v) is 3.44. The molecule has 0 heterocycles. The molecule has 0 spiro atoms. The third-order valence-electron chi connectivity index (χ3n) is 3.44. The van der Waals surface area contributed by atoms with Crippen molar-refractivity contribution in [1.29, 1.82) is 0 Å². The summed E-state index contributed by atoms with van der Waals surface area (Å²) in [7, 11) is 2.98. The number of Topliss-reactive ketones (excluding diaryl/α,β-unsaturated/α-hetero) is 1. The first-order valence-electron chi connectivity index (χ1n) is 7.09. The molecule has 0 unspecified atom stereocenters. The van der Waals surface area contributed by atoms with Gasteiger partial charge in [0.25, 0.3) is 5.69 Å². The highest BCUT2D eigenvalue weighted by atomic mass is 16.6. The molecule has 7 nitrogen and oxygen atoms in total. The maximum Gasteiger partial charge on any atom is 0.272 e. The molecule has 2 aromatic carbocycles. The Hall–Kier alpha value is -3.09. The predicted octanol–water partition coefficient (Wildman–Crippen LogP) is 3.18. The molecule has 0 amide bonds. The number of carbonyl (C=O) groups excluding carboxylic acids is 1. The lowest BCUT2D eigenvalue weighted by Crippen LogP contribution is -2.13. The third kappa shape index (κ3) is 3.81. The van der Waals surface area contributed by atoms with E-state index in [4.69, 9.17) is 14.2 Å². The number of benzene rings is 2. The standard InChI is InChI=1S/C17H17NO6/c1-11-8-13(4-6-15(11)18(20)21)24-10-16(19)14-9-12(22-2)5-7-17(14)23-3/h4-9H,10H2,1-3H3. The van der Waals surface area contributed by atoms with Crippen LogP contribution in [-0.4, -0.2) is 31.5 Å². The molecule has 0 fully saturated rings. The Balaban J connectivity index is 2.13. The first-order chi connectivity index (χ1) is 11.5. The van der Waals surface area contributed by atoms with E-state index in [1.54, 1.807) is 25.1 Å². The van der Waals surface area contributed by atoms with Crippen molar-refractivity contribution >= 4 is 11.5 Å². The second-order valence-corrected chi connectivity index (χ2v) is 4.98. The van der Waals surface area contributed by atoms with Crippen molar-refractivity contribution in [3.05, 3.63) is 57.6 Å². The molecule has 2 aromatic rings. The summed E-state index contributed by atoms with van der Waals surface area (Å²) in [6.07, 6.45) is 0. The molecule has 126 valence electrons. The Kier molecular flexibility index (Phi) is 5.36. The van der Waals surface area contributed by atoms with E-state index in [9.17, 15) is 14.9 Å². The fraction of sp³-hybridized carbons (Fsp3) is 0.235. The first-order valence-corrected chi connectivity index (χ1v) is 7.09. The number of methoxy groups -OCH3 is 2. The molecule has 0 aromatic heterocycles. The molecule has 0 aliphatic heterocycles. The monoisotopic (exact) mass is 331 g/mol. The summed E-state index contributed by atoms with van der Waals surface area (Å²) in [5.41, 5.74) is 0.808. The number of nitrogens with zero attached hydrogens (tertiary/aromatic N) is 1. The molecular formula is C17H17NO6. The Morgan fingerprint density at radius 1 is 1.08 bits per heavy atom. The number of rotatable bonds is 7. The van der Waals surface area contributed by atoms with E-state index < -0.39 is 4.92 Å². The molecule has 0 saturated heterocycles. The van der Waals surface area contributed by atoms with Gasteiger partial charge in [0.05, 0.1) is 24.7 Å². The molecule has 0 bridgehead atoms. The topological polar surface area (TPSA) is 87.9 Å². The van der Waals surface area contributed by atoms with Crippen molar-refractivity contribution in [2.24, 2.45) is 0 Å². The fourth-order valence-electron chi connectivity index (χ4n) is 2.18. The van der Waals surface area contributed by atoms with Crippen LogP contribution in [0.15, 0.2) is 36.4 Å². The number of hydrogen-bond acceptors (Lipinski definition) is 6. The predicted molar refractivity (Wildman–Crippen MR) is 87.2 cm³/mol. The van der Waals surface area contributed by atoms with Crippen molar-refractivity contribution in [3.63, 3.8) is 0 Å². The van der Waals surface area contributed by atoms with Crippen LogP contribution in [0.25, 0.3) is 0 Å². The zero-order valence-electron chi connectivity index (χ0n) is 13.6. The molecule has 0 aliphatic rings. The molecule has 0 saturated carbocycles. The average molecular weight is 331 g/mol. The van der Waals surface area contributed by atoms with E-state index in [1.807, 2.05) is 0 Å². The van der Waals surface area contributed by atoms with Gasteiger partial charge in [-0.05, 0) is 37.3 Å². The average Bonchev–Trinajstić information content (AvgIpc) is 2.58. The van der Waals surface area contributed by atoms with Crippen LogP contribution in [0.4, 0.5) is 5.69 Å². The maximum absolute atomic E-state index is 12.4. The summed E-state index contributed by atoms with van der Waals surface area (Å²) >= 11 is 0. The largest absolute Gasteiger partial charge is 0.497 e. The quantitative estimate of drug-likeness (QED) is 0.440. The highest BCUT2D eigenvalue weighted by molar-refractivity contribution is 6.00. The zero-order chi connectivity index (χ0) is 17.7. The molecule has 0 radical (unpaired) electrons. The van der Waals surface area contributed by atoms with Gasteiger partial charge in [0.2, 0.25) is 5.78 Å². The number of aryl methyl sites for hydroxylation is 1. The van der Waals surface area contributed by atoms with Gasteiger partial charge in [0.1, 0.15) is 17.2 Å². The number of ketones is 1. The molecule has 0 atom stereocenters. The Morgan fingerprint density at radius 2 is 1.79 bits per heavy atom. The Morgan fingerprint density at radius 3 is 2.38 bits per heavy atom. The van der Waals surface area contributed by atoms with Crippen LogP contribution in [0.3, 0.4) is 0 Å². The van der Waals surface area contributed by atoms with Crippen molar-refractivity contribution in [1.82, 2.24) is 0 Å². The van der Waals surface area contributed by atoms with E-state index in [1.165, 1.54) is 32.4 Å². The van der Waals surface area contributed by atoms with Gasteiger partial charge >= 0.3 is 0 Å². The van der Waals surface area contributed by atoms with Gasteiger partial charge in [0.15, 0.2) is 6.61 Å². The maximum atomic E-state index is 12.4. The first kappa shape index (κ1) is 17.3. The van der Waals surface area contributed by atoms with Gasteiger partial charge in [-0.3, -0.25) is 14.9 Å². The van der Waals surface area contributed by atoms with Crippen LogP contribution in [-0.2, 0) is 0 Å². The minimum atomic E-state index is -0.467. The number of carbonyl (C=O) groups is 1. The summed E-state index contributed by atoms with van der Waals surface area (Å²) in [5.74, 6) is 1.05. The number of nitro benzene ring substituents is 1. The van der Waals surface area contributed by atoms with Crippen LogP contribution in [0.2, 0.25) is 0 Å². The second kappa shape index (κ2) is 7.45. The van der Waals surface area contributed by atoms with Gasteiger partial charge < -0.3 is 14.2 Å². The SMILES string of the molecule is COc1ccc(OC)c(C(=O)COc2ccc([N+](=O)[O-])c(C)c2)c1. The summed E-state index contributed by atoms with van der Waals surface area (Å²) < 4.78 is 15.7. The lowest BCUT2D eigenvalue weighted by molar-refractivity contribution is -0.385. The van der Waals surface area contributed by atoms with Gasteiger partial charge in [-0.25, -0.2) is 0 Å². The van der Waals surface area contributed by atoms with Crippen molar-refractivity contribution < 1.29 is 23.9 Å². The van der Waals surface area contributed by atoms with Crippen LogP contribution < -0.4 is 14.2 Å². The van der Waals surface area contributed by atoms with Gasteiger partial charge in [-0.1, -0.05) is 0 Å². The number of nitro groups is 1. The highest BCUT2D eigenvalue weighted by Crippen LogP contribution is 2.26. The molecule has 2 rings (SSSR count). The lowest BCUT2D eigenvalue weighted by atomic mass is 10.1. The van der Waals surface area contributed by atoms with E-state index >= 15 is 0 Å². The molecular weight excluding hydrogens is 314 g/mol. The minimum Gasteiger partial charge on any atom is -0.497 e. The number of hydrogen-bond donors (Lipinski definition) is 0. The smallest absolute Gasteiger partial charge is 0.272 e. The van der Waals surface area contributed by atoms with E-state index in [-0.39, 0.29) is 18.1 Å². The van der Waals surface area contributed by atoms with E-state index in [0.29, 0.717) is 28.4 Å². The summed E-state index contributed by atoms with van der Waals surface area (Å²) in [6, 6.07) is 9.24. The molecule has 7 heteroatoms. The zero-order valence-corrected chi connectivity index (χ0v) is 13.6. The molecule has 0 N–H and O–H groups in total. The van der Waals surface area contributed by atoms with Crippen LogP contribution in [0, 0.1) is 17.0 Å². The van der Waals surface area contributed by atoms with Crippen LogP contribution >= 0.6 is 0 Å². The van der Waals surface area contributed by atoms with Gasteiger partial charge in [0, 0.05) is 11.6 Å². The Bertz CT molecular complexity index is 772. The molecule has 24 heavy (non-hydrogen) atoms. The lowest BCUT2D eigenvalue weighted by Gasteiger charge is -2.11. The van der Waals surface area contributed by atoms with Gasteiger partial charge in [-0.15, -0.1) is 0 Å². The molecule has 0 aliphatic carbocycles. The van der Waals surface area contributed by atoms with E-state index in [0.717, 1.165) is 0 Å². The highest BCUT2D eigenvalue weighted by Gasteiger charge is 2.16. The van der Waals surface area contributed by atoms with Crippen LogP contribution in [0.1, 0.15) is 15.9 Å². The summed E-state index contributed by atoms with van der Waals surface area (Å²) in [5, 5.41) is 10.8. The number of ether oxygens (including phenoxy) is 3. The second-order valence-electron chi connectivity index (χ2n) is 4.98. The van der Waals surface area contributed by atoms with Crippen molar-refractivity contribution in [2.75, 3.05) is 20.8 Å². The minimum absolute atomic E-state index is 0.00291. The summed E-state index contributed by atoms with van der Waals surface area (Å²) in [6.45, 7) is 1.39. The van der Waals surface area contributed by atoms with Crippen molar-refractivity contribution in [3.8, 4) is 17.2 Å². The normalized spacial score (nSPS) is 10.1. The van der Waals surface area contributed by atoms with Gasteiger partial charge in [-0.2, -0.15) is 0 Å². The van der Waals surface area contributed by atoms with Crippen LogP contribution in [0.5, 0.6) is 17.2 Å².